The number of morpholine rings is 1. The standard InChI is InChI=1S/C25H28N6O4/c1-27-19(25(33)34)12-16-2-4-17(5-3-16)20-15-29-24(26)23(30-20)22(32)13-18-14-28-7-6-21(18)31-8-10-35-11-9-31/h2-7,14-15,19,27H,8-13H2,1H3,(H2,26,29)(H,33,34)/t19-/m0/s1. The zero-order valence-electron chi connectivity index (χ0n) is 19.5. The van der Waals surface area contributed by atoms with Gasteiger partial charge in [-0.3, -0.25) is 14.6 Å². The van der Waals surface area contributed by atoms with E-state index < -0.39 is 12.0 Å². The highest BCUT2D eigenvalue weighted by Gasteiger charge is 2.20. The van der Waals surface area contributed by atoms with Crippen LogP contribution in [0.4, 0.5) is 11.5 Å². The molecule has 1 aliphatic heterocycles. The normalized spacial score (nSPS) is 14.5. The summed E-state index contributed by atoms with van der Waals surface area (Å²) in [7, 11) is 1.62. The lowest BCUT2D eigenvalue weighted by atomic mass is 10.0. The number of pyridine rings is 1. The van der Waals surface area contributed by atoms with Gasteiger partial charge in [0.05, 0.1) is 25.1 Å². The number of nitrogens with one attached hydrogen (secondary N) is 1. The molecule has 3 aromatic rings. The van der Waals surface area contributed by atoms with Crippen LogP contribution in [0.25, 0.3) is 11.3 Å². The number of likely N-dealkylation sites (N-methyl/N-ethyl adjacent to an activating group) is 1. The van der Waals surface area contributed by atoms with Gasteiger partial charge in [0.1, 0.15) is 11.7 Å². The molecule has 0 saturated carbocycles. The van der Waals surface area contributed by atoms with Crippen molar-refractivity contribution in [1.29, 1.82) is 0 Å². The first-order valence-electron chi connectivity index (χ1n) is 11.4. The van der Waals surface area contributed by atoms with Gasteiger partial charge in [-0.1, -0.05) is 24.3 Å². The van der Waals surface area contributed by atoms with Crippen molar-refractivity contribution in [3.63, 3.8) is 0 Å². The van der Waals surface area contributed by atoms with E-state index in [9.17, 15) is 14.7 Å². The average molecular weight is 477 g/mol. The van der Waals surface area contributed by atoms with E-state index >= 15 is 0 Å². The summed E-state index contributed by atoms with van der Waals surface area (Å²) in [6, 6.07) is 8.57. The SMILES string of the molecule is CN[C@@H](Cc1ccc(-c2cnc(N)c(C(=O)Cc3cnccc3N3CCOCC3)n2)cc1)C(=O)O. The molecule has 4 N–H and O–H groups in total. The third kappa shape index (κ3) is 5.79. The molecule has 0 aliphatic carbocycles. The fraction of sp³-hybridized carbons (Fsp3) is 0.320. The smallest absolute Gasteiger partial charge is 0.321 e. The lowest BCUT2D eigenvalue weighted by Gasteiger charge is -2.30. The van der Waals surface area contributed by atoms with Gasteiger partial charge >= 0.3 is 5.97 Å². The van der Waals surface area contributed by atoms with E-state index in [0.717, 1.165) is 35.5 Å². The van der Waals surface area contributed by atoms with Crippen LogP contribution in [-0.2, 0) is 22.4 Å². The molecule has 1 aromatic carbocycles. The molecule has 3 heterocycles. The van der Waals surface area contributed by atoms with Gasteiger partial charge < -0.3 is 25.8 Å². The second-order valence-corrected chi connectivity index (χ2v) is 8.27. The molecule has 10 heteroatoms. The Morgan fingerprint density at radius 2 is 1.91 bits per heavy atom. The van der Waals surface area contributed by atoms with Gasteiger partial charge in [0.2, 0.25) is 0 Å². The number of hydrogen-bond donors (Lipinski definition) is 3. The maximum atomic E-state index is 13.2. The van der Waals surface area contributed by atoms with Crippen molar-refractivity contribution in [1.82, 2.24) is 20.3 Å². The Hall–Kier alpha value is -3.89. The van der Waals surface area contributed by atoms with Crippen LogP contribution in [0, 0.1) is 0 Å². The Morgan fingerprint density at radius 1 is 1.17 bits per heavy atom. The lowest BCUT2D eigenvalue weighted by molar-refractivity contribution is -0.139. The van der Waals surface area contributed by atoms with Crippen LogP contribution in [-0.4, -0.2) is 71.2 Å². The maximum absolute atomic E-state index is 13.2. The number of aliphatic carboxylic acids is 1. The van der Waals surface area contributed by atoms with E-state index in [0.29, 0.717) is 25.3 Å². The van der Waals surface area contributed by atoms with E-state index in [4.69, 9.17) is 10.5 Å². The Kier molecular flexibility index (Phi) is 7.64. The number of nitrogens with two attached hydrogens (primary N) is 1. The Labute approximate surface area is 203 Å². The number of carboxylic acids is 1. The molecule has 1 fully saturated rings. The number of Topliss-reactive ketones (excluding diaryl/α,β-unsaturated/α-hetero) is 1. The first kappa shape index (κ1) is 24.2. The quantitative estimate of drug-likeness (QED) is 0.390. The van der Waals surface area contributed by atoms with Crippen molar-refractivity contribution in [2.24, 2.45) is 0 Å². The third-order valence-electron chi connectivity index (χ3n) is 5.98. The summed E-state index contributed by atoms with van der Waals surface area (Å²) in [5, 5.41) is 12.0. The topological polar surface area (TPSA) is 144 Å². The molecule has 0 amide bonds. The van der Waals surface area contributed by atoms with E-state index in [1.807, 2.05) is 30.3 Å². The molecule has 0 unspecified atom stereocenters. The fourth-order valence-electron chi connectivity index (χ4n) is 4.03. The predicted octanol–water partition coefficient (Wildman–Crippen LogP) is 1.60. The van der Waals surface area contributed by atoms with Crippen molar-refractivity contribution < 1.29 is 19.4 Å². The zero-order valence-corrected chi connectivity index (χ0v) is 19.5. The maximum Gasteiger partial charge on any atom is 0.321 e. The molecule has 0 radical (unpaired) electrons. The molecular weight excluding hydrogens is 448 g/mol. The molecule has 1 aliphatic rings. The molecular formula is C25H28N6O4. The van der Waals surface area contributed by atoms with Crippen LogP contribution >= 0.6 is 0 Å². The summed E-state index contributed by atoms with van der Waals surface area (Å²) >= 11 is 0. The monoisotopic (exact) mass is 476 g/mol. The van der Waals surface area contributed by atoms with Crippen molar-refractivity contribution in [3.8, 4) is 11.3 Å². The van der Waals surface area contributed by atoms with Gasteiger partial charge in [-0.15, -0.1) is 0 Å². The molecule has 2 aromatic heterocycles. The Balaban J connectivity index is 1.53. The minimum absolute atomic E-state index is 0.0745. The van der Waals surface area contributed by atoms with E-state index in [-0.39, 0.29) is 23.7 Å². The minimum Gasteiger partial charge on any atom is -0.480 e. The number of nitrogen functional groups attached to an aromatic ring is 1. The van der Waals surface area contributed by atoms with Crippen LogP contribution in [0.5, 0.6) is 0 Å². The van der Waals surface area contributed by atoms with E-state index in [1.54, 1.807) is 19.4 Å². The second-order valence-electron chi connectivity index (χ2n) is 8.27. The van der Waals surface area contributed by atoms with Crippen LogP contribution < -0.4 is 16.0 Å². The number of ether oxygens (including phenoxy) is 1. The number of carbonyl (C=O) groups excluding carboxylic acids is 1. The predicted molar refractivity (Wildman–Crippen MR) is 131 cm³/mol. The Bertz CT molecular complexity index is 1190. The van der Waals surface area contributed by atoms with Gasteiger partial charge in [0.15, 0.2) is 11.6 Å². The van der Waals surface area contributed by atoms with E-state index in [2.05, 4.69) is 25.2 Å². The zero-order chi connectivity index (χ0) is 24.8. The summed E-state index contributed by atoms with van der Waals surface area (Å²) < 4.78 is 5.44. The molecule has 0 spiro atoms. The number of aromatic nitrogens is 3. The molecule has 1 atom stereocenters. The summed E-state index contributed by atoms with van der Waals surface area (Å²) in [5.74, 6) is -1.07. The number of anilines is 2. The number of benzene rings is 1. The van der Waals surface area contributed by atoms with Crippen LogP contribution in [0.2, 0.25) is 0 Å². The summed E-state index contributed by atoms with van der Waals surface area (Å²) in [6.45, 7) is 2.78. The van der Waals surface area contributed by atoms with Crippen molar-refractivity contribution in [2.75, 3.05) is 44.0 Å². The average Bonchev–Trinajstić information content (AvgIpc) is 2.88. The summed E-state index contributed by atoms with van der Waals surface area (Å²) in [5.41, 5.74) is 10.0. The number of rotatable bonds is 9. The Morgan fingerprint density at radius 3 is 2.60 bits per heavy atom. The largest absolute Gasteiger partial charge is 0.480 e. The number of hydrogen-bond acceptors (Lipinski definition) is 9. The van der Waals surface area contributed by atoms with Crippen molar-refractivity contribution >= 4 is 23.3 Å². The summed E-state index contributed by atoms with van der Waals surface area (Å²) in [4.78, 5) is 39.6. The second kappa shape index (κ2) is 11.0. The molecule has 35 heavy (non-hydrogen) atoms. The van der Waals surface area contributed by atoms with Gasteiger partial charge in [-0.2, -0.15) is 0 Å². The highest BCUT2D eigenvalue weighted by molar-refractivity contribution is 6.00. The highest BCUT2D eigenvalue weighted by atomic mass is 16.5. The van der Waals surface area contributed by atoms with Gasteiger partial charge in [-0.05, 0) is 25.1 Å². The third-order valence-corrected chi connectivity index (χ3v) is 5.98. The van der Waals surface area contributed by atoms with Crippen molar-refractivity contribution in [3.05, 3.63) is 65.7 Å². The molecule has 1 saturated heterocycles. The van der Waals surface area contributed by atoms with Crippen LogP contribution in [0.3, 0.4) is 0 Å². The first-order valence-corrected chi connectivity index (χ1v) is 11.4. The number of ketones is 1. The molecule has 182 valence electrons. The van der Waals surface area contributed by atoms with Crippen LogP contribution in [0.1, 0.15) is 21.6 Å². The highest BCUT2D eigenvalue weighted by Crippen LogP contribution is 2.24. The van der Waals surface area contributed by atoms with Gasteiger partial charge in [0, 0.05) is 48.7 Å². The first-order chi connectivity index (χ1) is 17.0. The van der Waals surface area contributed by atoms with Crippen molar-refractivity contribution in [2.45, 2.75) is 18.9 Å². The van der Waals surface area contributed by atoms with Gasteiger partial charge in [-0.25, -0.2) is 9.97 Å². The molecule has 10 nitrogen and oxygen atoms in total. The number of nitrogens with zero attached hydrogens (tertiary/aromatic N) is 4. The minimum atomic E-state index is -0.908. The number of carboxylic acid groups (broad SMARTS) is 1. The van der Waals surface area contributed by atoms with Crippen LogP contribution in [0.15, 0.2) is 48.9 Å². The molecule has 4 rings (SSSR count). The summed E-state index contributed by atoms with van der Waals surface area (Å²) in [6.07, 6.45) is 5.39. The lowest BCUT2D eigenvalue weighted by Crippen LogP contribution is -2.37. The fourth-order valence-corrected chi connectivity index (χ4v) is 4.03. The number of carbonyl (C=O) groups is 2. The van der Waals surface area contributed by atoms with Gasteiger partial charge in [0.25, 0.3) is 0 Å². The van der Waals surface area contributed by atoms with E-state index in [1.165, 1.54) is 6.20 Å². The molecule has 0 bridgehead atoms.